The number of fused-ring (bicyclic) bond motifs is 1. The number of rotatable bonds is 7. The summed E-state index contributed by atoms with van der Waals surface area (Å²) in [5.74, 6) is 0.302. The molecule has 0 bridgehead atoms. The first kappa shape index (κ1) is 18.2. The normalized spacial score (nSPS) is 11.8. The minimum Gasteiger partial charge on any atom is -0.495 e. The van der Waals surface area contributed by atoms with Crippen molar-refractivity contribution in [3.8, 4) is 5.75 Å². The van der Waals surface area contributed by atoms with Gasteiger partial charge in [0.1, 0.15) is 10.6 Å². The molecular formula is C18H21N3O4S. The Hall–Kier alpha value is -2.58. The molecule has 2 aromatic carbocycles. The van der Waals surface area contributed by atoms with Gasteiger partial charge in [0.2, 0.25) is 10.0 Å². The third-order valence-electron chi connectivity index (χ3n) is 4.14. The van der Waals surface area contributed by atoms with Crippen LogP contribution in [0.5, 0.6) is 5.75 Å². The topological polar surface area (TPSA) is 93.2 Å². The molecule has 0 unspecified atom stereocenters. The first-order valence-electron chi connectivity index (χ1n) is 8.24. The van der Waals surface area contributed by atoms with E-state index < -0.39 is 10.0 Å². The molecule has 7 nitrogen and oxygen atoms in total. The fraction of sp³-hybridized carbons (Fsp3) is 0.278. The molecule has 8 heteroatoms. The largest absolute Gasteiger partial charge is 0.495 e. The molecule has 1 heterocycles. The van der Waals surface area contributed by atoms with E-state index in [9.17, 15) is 13.2 Å². The predicted octanol–water partition coefficient (Wildman–Crippen LogP) is 2.02. The number of nitrogens with zero attached hydrogens (tertiary/aromatic N) is 1. The van der Waals surface area contributed by atoms with Crippen molar-refractivity contribution >= 4 is 21.1 Å². The molecule has 0 amide bonds. The third-order valence-corrected chi connectivity index (χ3v) is 5.62. The smallest absolute Gasteiger partial charge is 0.326 e. The van der Waals surface area contributed by atoms with Crippen molar-refractivity contribution in [2.45, 2.75) is 24.8 Å². The van der Waals surface area contributed by atoms with Crippen LogP contribution in [0.4, 0.5) is 0 Å². The second-order valence-electron chi connectivity index (χ2n) is 6.00. The molecule has 0 aliphatic heterocycles. The van der Waals surface area contributed by atoms with Gasteiger partial charge in [-0.25, -0.2) is 17.9 Å². The van der Waals surface area contributed by atoms with Gasteiger partial charge < -0.3 is 9.72 Å². The summed E-state index contributed by atoms with van der Waals surface area (Å²) in [4.78, 5) is 14.9. The Morgan fingerprint density at radius 3 is 2.73 bits per heavy atom. The van der Waals surface area contributed by atoms with E-state index in [1.807, 2.05) is 31.2 Å². The Morgan fingerprint density at radius 2 is 1.96 bits per heavy atom. The zero-order valence-electron chi connectivity index (χ0n) is 14.7. The maximum atomic E-state index is 12.5. The van der Waals surface area contributed by atoms with Crippen LogP contribution in [-0.4, -0.2) is 31.6 Å². The monoisotopic (exact) mass is 375 g/mol. The van der Waals surface area contributed by atoms with Crippen molar-refractivity contribution in [3.05, 3.63) is 58.5 Å². The van der Waals surface area contributed by atoms with Crippen LogP contribution in [-0.2, 0) is 16.6 Å². The Morgan fingerprint density at radius 1 is 1.19 bits per heavy atom. The number of aromatic nitrogens is 2. The summed E-state index contributed by atoms with van der Waals surface area (Å²) >= 11 is 0. The number of aromatic amines is 1. The van der Waals surface area contributed by atoms with E-state index in [-0.39, 0.29) is 17.1 Å². The molecule has 0 atom stereocenters. The number of benzene rings is 2. The van der Waals surface area contributed by atoms with Crippen LogP contribution in [0.1, 0.15) is 12.0 Å². The number of H-pyrrole nitrogens is 1. The molecule has 0 saturated heterocycles. The van der Waals surface area contributed by atoms with Gasteiger partial charge in [-0.1, -0.05) is 18.2 Å². The molecule has 0 aliphatic carbocycles. The predicted molar refractivity (Wildman–Crippen MR) is 100 cm³/mol. The zero-order chi connectivity index (χ0) is 18.7. The average molecular weight is 375 g/mol. The first-order valence-corrected chi connectivity index (χ1v) is 9.72. The maximum Gasteiger partial charge on any atom is 0.326 e. The van der Waals surface area contributed by atoms with Crippen molar-refractivity contribution in [2.75, 3.05) is 13.7 Å². The number of para-hydroxylation sites is 2. The number of aryl methyl sites for hydroxylation is 2. The van der Waals surface area contributed by atoms with Gasteiger partial charge in [-0.2, -0.15) is 0 Å². The number of methoxy groups -OCH3 is 1. The van der Waals surface area contributed by atoms with Crippen molar-refractivity contribution in [3.63, 3.8) is 0 Å². The minimum absolute atomic E-state index is 0.115. The first-order chi connectivity index (χ1) is 12.4. The number of hydrogen-bond donors (Lipinski definition) is 2. The number of nitrogens with one attached hydrogen (secondary N) is 2. The molecular weight excluding hydrogens is 354 g/mol. The van der Waals surface area contributed by atoms with Crippen LogP contribution in [0.25, 0.3) is 11.0 Å². The van der Waals surface area contributed by atoms with Gasteiger partial charge in [0.25, 0.3) is 0 Å². The van der Waals surface area contributed by atoms with E-state index in [1.165, 1.54) is 7.11 Å². The molecule has 0 aliphatic rings. The Balaban J connectivity index is 1.69. The lowest BCUT2D eigenvalue weighted by atomic mass is 10.2. The molecule has 138 valence electrons. The Bertz CT molecular complexity index is 1080. The lowest BCUT2D eigenvalue weighted by Gasteiger charge is -2.11. The van der Waals surface area contributed by atoms with E-state index >= 15 is 0 Å². The van der Waals surface area contributed by atoms with E-state index in [1.54, 1.807) is 22.8 Å². The van der Waals surface area contributed by atoms with E-state index in [0.29, 0.717) is 18.7 Å². The minimum atomic E-state index is -3.69. The molecule has 0 radical (unpaired) electrons. The van der Waals surface area contributed by atoms with Gasteiger partial charge in [-0.15, -0.1) is 0 Å². The molecule has 3 aromatic rings. The van der Waals surface area contributed by atoms with E-state index in [0.717, 1.165) is 16.6 Å². The number of hydrogen-bond acceptors (Lipinski definition) is 4. The van der Waals surface area contributed by atoms with Gasteiger partial charge in [0.15, 0.2) is 0 Å². The van der Waals surface area contributed by atoms with Gasteiger partial charge in [-0.3, -0.25) is 4.57 Å². The Labute approximate surface area is 151 Å². The van der Waals surface area contributed by atoms with Gasteiger partial charge in [0.05, 0.1) is 18.1 Å². The highest BCUT2D eigenvalue weighted by Gasteiger charge is 2.19. The number of sulfonamides is 1. The van der Waals surface area contributed by atoms with Gasteiger partial charge in [0, 0.05) is 13.1 Å². The molecule has 1 aromatic heterocycles. The molecule has 3 rings (SSSR count). The third kappa shape index (κ3) is 3.66. The number of ether oxygens (including phenoxy) is 1. The lowest BCUT2D eigenvalue weighted by Crippen LogP contribution is -2.27. The van der Waals surface area contributed by atoms with Crippen molar-refractivity contribution in [1.82, 2.24) is 14.3 Å². The molecule has 0 spiro atoms. The summed E-state index contributed by atoms with van der Waals surface area (Å²) in [6.07, 6.45) is 0.481. The van der Waals surface area contributed by atoms with Crippen LogP contribution >= 0.6 is 0 Å². The summed E-state index contributed by atoms with van der Waals surface area (Å²) in [7, 11) is -2.25. The second-order valence-corrected chi connectivity index (χ2v) is 7.74. The fourth-order valence-corrected chi connectivity index (χ4v) is 4.17. The molecule has 2 N–H and O–H groups in total. The quantitative estimate of drug-likeness (QED) is 0.618. The van der Waals surface area contributed by atoms with Crippen LogP contribution < -0.4 is 15.1 Å². The summed E-state index contributed by atoms with van der Waals surface area (Å²) < 4.78 is 34.4. The average Bonchev–Trinajstić information content (AvgIpc) is 2.94. The standard InChI is InChI=1S/C18H21N3O4S/c1-13-8-9-16(25-2)17(12-13)26(23,24)19-10-5-11-21-15-7-4-3-6-14(15)20-18(21)22/h3-4,6-9,12,19H,5,10-11H2,1-2H3,(H,20,22). The van der Waals surface area contributed by atoms with Crippen LogP contribution in [0.15, 0.2) is 52.2 Å². The van der Waals surface area contributed by atoms with Crippen LogP contribution in [0.3, 0.4) is 0 Å². The van der Waals surface area contributed by atoms with E-state index in [4.69, 9.17) is 4.74 Å². The van der Waals surface area contributed by atoms with Gasteiger partial charge in [-0.05, 0) is 43.2 Å². The Kier molecular flexibility index (Phi) is 5.15. The van der Waals surface area contributed by atoms with Crippen molar-refractivity contribution in [2.24, 2.45) is 0 Å². The van der Waals surface area contributed by atoms with Crippen LogP contribution in [0.2, 0.25) is 0 Å². The summed E-state index contributed by atoms with van der Waals surface area (Å²) in [5.41, 5.74) is 2.20. The highest BCUT2D eigenvalue weighted by molar-refractivity contribution is 7.89. The summed E-state index contributed by atoms with van der Waals surface area (Å²) in [6.45, 7) is 2.45. The van der Waals surface area contributed by atoms with Crippen molar-refractivity contribution in [1.29, 1.82) is 0 Å². The fourth-order valence-electron chi connectivity index (χ4n) is 2.84. The SMILES string of the molecule is COc1ccc(C)cc1S(=O)(=O)NCCCn1c(=O)[nH]c2ccccc21. The molecule has 0 fully saturated rings. The summed E-state index contributed by atoms with van der Waals surface area (Å²) in [5, 5.41) is 0. The molecule has 0 saturated carbocycles. The highest BCUT2D eigenvalue weighted by atomic mass is 32.2. The summed E-state index contributed by atoms with van der Waals surface area (Å²) in [6, 6.07) is 12.4. The van der Waals surface area contributed by atoms with Gasteiger partial charge >= 0.3 is 5.69 Å². The van der Waals surface area contributed by atoms with Crippen molar-refractivity contribution < 1.29 is 13.2 Å². The zero-order valence-corrected chi connectivity index (χ0v) is 15.5. The number of imidazole rings is 1. The molecule has 26 heavy (non-hydrogen) atoms. The second kappa shape index (κ2) is 7.35. The maximum absolute atomic E-state index is 12.5. The lowest BCUT2D eigenvalue weighted by molar-refractivity contribution is 0.402. The van der Waals surface area contributed by atoms with Crippen LogP contribution in [0, 0.1) is 6.92 Å². The highest BCUT2D eigenvalue weighted by Crippen LogP contribution is 2.24. The van der Waals surface area contributed by atoms with E-state index in [2.05, 4.69) is 9.71 Å².